The van der Waals surface area contributed by atoms with E-state index in [-0.39, 0.29) is 11.7 Å². The summed E-state index contributed by atoms with van der Waals surface area (Å²) in [6, 6.07) is 5.41. The highest BCUT2D eigenvalue weighted by Crippen LogP contribution is 2.22. The number of likely N-dealkylation sites (tertiary alicyclic amines) is 1. The van der Waals surface area contributed by atoms with Gasteiger partial charge in [-0.2, -0.15) is 0 Å². The molecule has 0 bridgehead atoms. The monoisotopic (exact) mass is 209 g/mol. The summed E-state index contributed by atoms with van der Waals surface area (Å²) in [5.41, 5.74) is -0.317. The number of carbonyl (C=O) groups excluding carboxylic acids is 1. The summed E-state index contributed by atoms with van der Waals surface area (Å²) in [5.74, 6) is -0.524. The Hall–Kier alpha value is -1.42. The molecule has 1 aliphatic heterocycles. The van der Waals surface area contributed by atoms with E-state index < -0.39 is 5.60 Å². The Balaban J connectivity index is 2.07. The second-order valence-corrected chi connectivity index (χ2v) is 4.17. The molecule has 3 nitrogen and oxygen atoms in total. The van der Waals surface area contributed by atoms with Crippen molar-refractivity contribution in [1.82, 2.24) is 4.90 Å². The van der Waals surface area contributed by atoms with Gasteiger partial charge < -0.3 is 10.0 Å². The lowest BCUT2D eigenvalue weighted by Gasteiger charge is -2.44. The molecule has 1 fully saturated rings. The van der Waals surface area contributed by atoms with Gasteiger partial charge in [0.05, 0.1) is 18.7 Å². The fourth-order valence-electron chi connectivity index (χ4n) is 1.69. The molecule has 0 atom stereocenters. The van der Waals surface area contributed by atoms with Crippen LogP contribution >= 0.6 is 0 Å². The highest BCUT2D eigenvalue weighted by Gasteiger charge is 2.39. The quantitative estimate of drug-likeness (QED) is 0.750. The van der Waals surface area contributed by atoms with E-state index in [0.29, 0.717) is 18.7 Å². The van der Waals surface area contributed by atoms with Gasteiger partial charge in [0, 0.05) is 5.56 Å². The molecule has 0 radical (unpaired) electrons. The van der Waals surface area contributed by atoms with Gasteiger partial charge in [0.15, 0.2) is 0 Å². The van der Waals surface area contributed by atoms with Crippen molar-refractivity contribution in [2.24, 2.45) is 0 Å². The van der Waals surface area contributed by atoms with Crippen molar-refractivity contribution in [3.63, 3.8) is 0 Å². The summed E-state index contributed by atoms with van der Waals surface area (Å²) >= 11 is 0. The molecule has 1 aromatic rings. The van der Waals surface area contributed by atoms with Crippen LogP contribution in [0.4, 0.5) is 4.39 Å². The van der Waals surface area contributed by atoms with Crippen LogP contribution in [-0.4, -0.2) is 34.6 Å². The number of hydrogen-bond acceptors (Lipinski definition) is 2. The van der Waals surface area contributed by atoms with Crippen molar-refractivity contribution in [3.05, 3.63) is 35.6 Å². The van der Waals surface area contributed by atoms with Gasteiger partial charge >= 0.3 is 0 Å². The minimum atomic E-state index is -0.768. The van der Waals surface area contributed by atoms with Crippen LogP contribution in [0.5, 0.6) is 0 Å². The zero-order valence-electron chi connectivity index (χ0n) is 8.40. The molecule has 1 aliphatic rings. The number of amides is 1. The summed E-state index contributed by atoms with van der Waals surface area (Å²) in [6.45, 7) is 2.36. The molecular weight excluding hydrogens is 197 g/mol. The molecule has 0 spiro atoms. The number of carbonyl (C=O) groups is 1. The van der Waals surface area contributed by atoms with E-state index >= 15 is 0 Å². The van der Waals surface area contributed by atoms with Crippen molar-refractivity contribution in [2.45, 2.75) is 12.5 Å². The van der Waals surface area contributed by atoms with Crippen LogP contribution < -0.4 is 0 Å². The lowest BCUT2D eigenvalue weighted by atomic mass is 9.96. The van der Waals surface area contributed by atoms with Gasteiger partial charge in [-0.15, -0.1) is 0 Å². The zero-order valence-corrected chi connectivity index (χ0v) is 8.40. The Kier molecular flexibility index (Phi) is 2.23. The summed E-state index contributed by atoms with van der Waals surface area (Å²) in [5, 5.41) is 9.47. The first-order valence-electron chi connectivity index (χ1n) is 4.75. The van der Waals surface area contributed by atoms with Crippen molar-refractivity contribution >= 4 is 5.91 Å². The van der Waals surface area contributed by atoms with Gasteiger partial charge in [0.2, 0.25) is 0 Å². The topological polar surface area (TPSA) is 40.5 Å². The Morgan fingerprint density at radius 1 is 1.40 bits per heavy atom. The molecule has 4 heteroatoms. The smallest absolute Gasteiger partial charge is 0.254 e. The molecule has 1 amide bonds. The van der Waals surface area contributed by atoms with Gasteiger partial charge in [0.1, 0.15) is 5.82 Å². The average molecular weight is 209 g/mol. The lowest BCUT2D eigenvalue weighted by Crippen LogP contribution is -2.61. The number of halogens is 1. The third-order valence-corrected chi connectivity index (χ3v) is 2.44. The summed E-state index contributed by atoms with van der Waals surface area (Å²) in [7, 11) is 0. The van der Waals surface area contributed by atoms with Crippen LogP contribution in [0, 0.1) is 5.82 Å². The zero-order chi connectivity index (χ0) is 11.1. The van der Waals surface area contributed by atoms with Crippen LogP contribution in [0.25, 0.3) is 0 Å². The number of aliphatic hydroxyl groups is 1. The summed E-state index contributed by atoms with van der Waals surface area (Å²) in [6.07, 6.45) is 0. The Morgan fingerprint density at radius 2 is 1.93 bits per heavy atom. The molecule has 15 heavy (non-hydrogen) atoms. The van der Waals surface area contributed by atoms with E-state index in [9.17, 15) is 14.3 Å². The first-order chi connectivity index (χ1) is 6.98. The van der Waals surface area contributed by atoms with E-state index in [1.807, 2.05) is 0 Å². The standard InChI is InChI=1S/C11H12FNO2/c1-11(15)6-13(7-11)10(14)8-2-4-9(12)5-3-8/h2-5,15H,6-7H2,1H3. The highest BCUT2D eigenvalue weighted by atomic mass is 19.1. The van der Waals surface area contributed by atoms with Gasteiger partial charge in [-0.3, -0.25) is 4.79 Å². The number of nitrogens with zero attached hydrogens (tertiary/aromatic N) is 1. The van der Waals surface area contributed by atoms with Gasteiger partial charge in [-0.1, -0.05) is 0 Å². The molecule has 1 N–H and O–H groups in total. The fraction of sp³-hybridized carbons (Fsp3) is 0.364. The van der Waals surface area contributed by atoms with Crippen LogP contribution in [0.1, 0.15) is 17.3 Å². The molecule has 0 aliphatic carbocycles. The van der Waals surface area contributed by atoms with Crippen LogP contribution in [0.3, 0.4) is 0 Å². The van der Waals surface area contributed by atoms with Crippen LogP contribution in [-0.2, 0) is 0 Å². The molecule has 0 aromatic heterocycles. The van der Waals surface area contributed by atoms with E-state index in [4.69, 9.17) is 0 Å². The van der Waals surface area contributed by atoms with Crippen molar-refractivity contribution in [1.29, 1.82) is 0 Å². The first kappa shape index (κ1) is 10.1. The van der Waals surface area contributed by atoms with E-state index in [1.165, 1.54) is 29.2 Å². The van der Waals surface area contributed by atoms with Gasteiger partial charge in [-0.25, -0.2) is 4.39 Å². The largest absolute Gasteiger partial charge is 0.386 e. The van der Waals surface area contributed by atoms with E-state index in [0.717, 1.165) is 0 Å². The SMILES string of the molecule is CC1(O)CN(C(=O)c2ccc(F)cc2)C1. The maximum Gasteiger partial charge on any atom is 0.254 e. The molecule has 80 valence electrons. The maximum atomic E-state index is 12.6. The molecule has 1 saturated heterocycles. The normalized spacial score (nSPS) is 18.5. The van der Waals surface area contributed by atoms with E-state index in [1.54, 1.807) is 6.92 Å². The lowest BCUT2D eigenvalue weighted by molar-refractivity contribution is -0.0668. The number of rotatable bonds is 1. The van der Waals surface area contributed by atoms with Crippen molar-refractivity contribution in [2.75, 3.05) is 13.1 Å². The van der Waals surface area contributed by atoms with Crippen molar-refractivity contribution in [3.8, 4) is 0 Å². The second kappa shape index (κ2) is 3.31. The fourth-order valence-corrected chi connectivity index (χ4v) is 1.69. The molecular formula is C11H12FNO2. The third kappa shape index (κ3) is 1.99. The number of benzene rings is 1. The molecule has 0 unspecified atom stereocenters. The van der Waals surface area contributed by atoms with E-state index in [2.05, 4.69) is 0 Å². The molecule has 1 aromatic carbocycles. The third-order valence-electron chi connectivity index (χ3n) is 2.44. The summed E-state index contributed by atoms with van der Waals surface area (Å²) < 4.78 is 12.6. The Morgan fingerprint density at radius 3 is 2.40 bits per heavy atom. The van der Waals surface area contributed by atoms with Gasteiger partial charge in [-0.05, 0) is 31.2 Å². The molecule has 2 rings (SSSR count). The van der Waals surface area contributed by atoms with Crippen LogP contribution in [0.2, 0.25) is 0 Å². The highest BCUT2D eigenvalue weighted by molar-refractivity contribution is 5.94. The first-order valence-corrected chi connectivity index (χ1v) is 4.75. The Labute approximate surface area is 87.1 Å². The predicted octanol–water partition coefficient (Wildman–Crippen LogP) is 1.03. The molecule has 1 heterocycles. The summed E-state index contributed by atoms with van der Waals surface area (Å²) in [4.78, 5) is 13.3. The van der Waals surface area contributed by atoms with Crippen molar-refractivity contribution < 1.29 is 14.3 Å². The van der Waals surface area contributed by atoms with Crippen LogP contribution in [0.15, 0.2) is 24.3 Å². The Bertz CT molecular complexity index is 378. The predicted molar refractivity (Wildman–Crippen MR) is 52.9 cm³/mol. The number of β-amino-alcohol motifs (C(OH)–C–C–N with tert-alkyl or cyclic N) is 1. The molecule has 0 saturated carbocycles. The minimum absolute atomic E-state index is 0.165. The maximum absolute atomic E-state index is 12.6. The average Bonchev–Trinajstić information content (AvgIpc) is 2.14. The second-order valence-electron chi connectivity index (χ2n) is 4.17. The van der Waals surface area contributed by atoms with Gasteiger partial charge in [0.25, 0.3) is 5.91 Å². The minimum Gasteiger partial charge on any atom is -0.386 e. The number of hydrogen-bond donors (Lipinski definition) is 1.